The van der Waals surface area contributed by atoms with E-state index in [-0.39, 0.29) is 24.9 Å². The van der Waals surface area contributed by atoms with Crippen LogP contribution in [-0.4, -0.2) is 34.1 Å². The van der Waals surface area contributed by atoms with E-state index >= 15 is 0 Å². The van der Waals surface area contributed by atoms with Crippen molar-refractivity contribution < 1.29 is 19.4 Å². The molecule has 0 aliphatic heterocycles. The van der Waals surface area contributed by atoms with Gasteiger partial charge in [-0.05, 0) is 13.8 Å². The zero-order valence-electron chi connectivity index (χ0n) is 18.9. The monoisotopic (exact) mass is 420 g/mol. The molecule has 0 bridgehead atoms. The van der Waals surface area contributed by atoms with Gasteiger partial charge in [-0.25, -0.2) is 0 Å². The maximum atomic E-state index is 3.73. The van der Waals surface area contributed by atoms with Crippen molar-refractivity contribution in [1.82, 2.24) is 8.70 Å². The second-order valence-corrected chi connectivity index (χ2v) is 11.0. The summed E-state index contributed by atoms with van der Waals surface area (Å²) in [7, 11) is 4.67. The minimum absolute atomic E-state index is 0.208. The Bertz CT molecular complexity index is 603. The minimum atomic E-state index is -0.208. The summed E-state index contributed by atoms with van der Waals surface area (Å²) >= 11 is -0.208. The predicted molar refractivity (Wildman–Crippen MR) is 124 cm³/mol. The molecule has 1 N–H and O–H groups in total. The van der Waals surface area contributed by atoms with Gasteiger partial charge in [-0.3, -0.25) is 0 Å². The van der Waals surface area contributed by atoms with E-state index in [2.05, 4.69) is 87.0 Å². The third kappa shape index (κ3) is 10.9. The van der Waals surface area contributed by atoms with Crippen molar-refractivity contribution in [3.63, 3.8) is 0 Å². The molecule has 1 unspecified atom stereocenters. The van der Waals surface area contributed by atoms with Crippen molar-refractivity contribution >= 4 is 15.2 Å². The smallest absolute Gasteiger partial charge is 0.0135 e. The first-order valence-corrected chi connectivity index (χ1v) is 14.5. The first kappa shape index (κ1) is 26.1. The molecule has 4 heteroatoms. The first-order chi connectivity index (χ1) is 12.7. The molecule has 150 valence electrons. The van der Waals surface area contributed by atoms with Crippen LogP contribution in [-0.2, 0) is 19.4 Å². The van der Waals surface area contributed by atoms with Crippen LogP contribution in [0.25, 0.3) is 5.70 Å². The average molecular weight is 421 g/mol. The van der Waals surface area contributed by atoms with Crippen molar-refractivity contribution in [2.45, 2.75) is 57.5 Å². The van der Waals surface area contributed by atoms with E-state index in [0.717, 1.165) is 0 Å². The Balaban J connectivity index is 0.000000632. The summed E-state index contributed by atoms with van der Waals surface area (Å²) in [5.74, 6) is 0. The third-order valence-corrected chi connectivity index (χ3v) is 6.10. The van der Waals surface area contributed by atoms with Crippen LogP contribution in [0.2, 0.25) is 13.1 Å². The summed E-state index contributed by atoms with van der Waals surface area (Å²) < 4.78 is 4.34. The summed E-state index contributed by atoms with van der Waals surface area (Å²) in [5, 5.41) is 0. The molecule has 0 radical (unpaired) electrons. The van der Waals surface area contributed by atoms with Gasteiger partial charge in [-0.15, -0.1) is 0 Å². The molecule has 2 nitrogen and oxygen atoms in total. The van der Waals surface area contributed by atoms with E-state index in [4.69, 9.17) is 0 Å². The zero-order chi connectivity index (χ0) is 20.9. The van der Waals surface area contributed by atoms with E-state index in [1.165, 1.54) is 16.8 Å². The van der Waals surface area contributed by atoms with Crippen molar-refractivity contribution in [2.75, 3.05) is 14.1 Å². The number of allylic oxidation sites excluding steroid dienone is 5. The molecule has 1 atom stereocenters. The summed E-state index contributed by atoms with van der Waals surface area (Å²) in [6, 6.07) is 8.81. The zero-order valence-corrected chi connectivity index (χ0v) is 21.9. The SMILES string of the molecule is CC=CC=CC.CN(C)C1=C[CH]([Ti][NH]C(C)(C)C)c2ccccc21.C[SiH2]C. The maximum Gasteiger partial charge on any atom is 0.0135 e. The molecular formula is C23H40N2SiTi. The largest absolute Gasteiger partial charge is 0.0750 e. The van der Waals surface area contributed by atoms with Gasteiger partial charge in [0.15, 0.2) is 0 Å². The molecule has 1 aromatic carbocycles. The van der Waals surface area contributed by atoms with Gasteiger partial charge in [0, 0.05) is 9.52 Å². The van der Waals surface area contributed by atoms with Crippen LogP contribution in [0.3, 0.4) is 0 Å². The number of nitrogens with zero attached hydrogens (tertiary/aromatic N) is 1. The van der Waals surface area contributed by atoms with Crippen molar-refractivity contribution in [3.05, 3.63) is 65.8 Å². The van der Waals surface area contributed by atoms with Crippen molar-refractivity contribution in [2.24, 2.45) is 0 Å². The number of hydrogen-bond donors (Lipinski definition) is 1. The Kier molecular flexibility index (Phi) is 13.7. The number of benzene rings is 1. The summed E-state index contributed by atoms with van der Waals surface area (Å²) in [6.45, 7) is 15.3. The second-order valence-electron chi connectivity index (χ2n) is 7.79. The molecule has 0 aromatic heterocycles. The van der Waals surface area contributed by atoms with Crippen LogP contribution in [0, 0.1) is 0 Å². The molecule has 27 heavy (non-hydrogen) atoms. The van der Waals surface area contributed by atoms with Gasteiger partial charge in [-0.2, -0.15) is 0 Å². The molecule has 0 saturated heterocycles. The Morgan fingerprint density at radius 3 is 2.00 bits per heavy atom. The normalized spacial score (nSPS) is 15.4. The number of hydrogen-bond acceptors (Lipinski definition) is 2. The Hall–Kier alpha value is -0.869. The van der Waals surface area contributed by atoms with Crippen molar-refractivity contribution in [3.8, 4) is 0 Å². The Morgan fingerprint density at radius 2 is 1.56 bits per heavy atom. The molecule has 1 aliphatic carbocycles. The van der Waals surface area contributed by atoms with E-state index in [9.17, 15) is 0 Å². The molecular weight excluding hydrogens is 380 g/mol. The molecule has 0 fully saturated rings. The molecule has 0 spiro atoms. The Labute approximate surface area is 180 Å². The standard InChI is InChI=1S/C11H12N.C6H10.C4H10N.C2H8Si.Ti/c1-12(2)11-8-7-9-5-3-4-6-10(9)11;1-3-5-6-4-2;1-4(2,3)5;1-3-2;/h3-8H,1-2H3;3-6H,1-2H3;5H,1-3H3;3H2,1-2H3;/q;;-1;;+1. The van der Waals surface area contributed by atoms with Gasteiger partial charge in [0.2, 0.25) is 0 Å². The van der Waals surface area contributed by atoms with Crippen LogP contribution in [0.1, 0.15) is 50.0 Å². The molecule has 1 aliphatic rings. The quantitative estimate of drug-likeness (QED) is 0.517. The van der Waals surface area contributed by atoms with Gasteiger partial charge in [0.05, 0.1) is 0 Å². The molecule has 0 heterocycles. The van der Waals surface area contributed by atoms with Crippen LogP contribution < -0.4 is 3.80 Å². The minimum Gasteiger partial charge on any atom is -0.0750 e. The van der Waals surface area contributed by atoms with E-state index in [1.807, 2.05) is 38.2 Å². The van der Waals surface area contributed by atoms with Gasteiger partial charge in [-0.1, -0.05) is 37.4 Å². The second kappa shape index (κ2) is 14.2. The fourth-order valence-corrected chi connectivity index (χ4v) is 4.30. The van der Waals surface area contributed by atoms with Crippen molar-refractivity contribution in [1.29, 1.82) is 0 Å². The van der Waals surface area contributed by atoms with Crippen LogP contribution in [0.15, 0.2) is 54.6 Å². The fourth-order valence-electron chi connectivity index (χ4n) is 2.36. The molecule has 0 saturated carbocycles. The van der Waals surface area contributed by atoms with Gasteiger partial charge < -0.3 is 0 Å². The van der Waals surface area contributed by atoms with E-state index in [0.29, 0.717) is 13.7 Å². The fraction of sp³-hybridized carbons (Fsp3) is 0.478. The van der Waals surface area contributed by atoms with E-state index in [1.54, 1.807) is 0 Å². The van der Waals surface area contributed by atoms with E-state index < -0.39 is 0 Å². The number of fused-ring (bicyclic) bond motifs is 1. The molecule has 1 aromatic rings. The number of rotatable bonds is 4. The van der Waals surface area contributed by atoms with Crippen LogP contribution in [0.5, 0.6) is 0 Å². The topological polar surface area (TPSA) is 15.3 Å². The third-order valence-electron chi connectivity index (χ3n) is 3.48. The Morgan fingerprint density at radius 1 is 1.04 bits per heavy atom. The molecule has 0 amide bonds. The summed E-state index contributed by atoms with van der Waals surface area (Å²) in [4.78, 5) is 2.22. The average Bonchev–Trinajstić information content (AvgIpc) is 2.98. The molecule has 2 rings (SSSR count). The van der Waals surface area contributed by atoms with Gasteiger partial charge in [0.25, 0.3) is 0 Å². The van der Waals surface area contributed by atoms with Crippen LogP contribution >= 0.6 is 0 Å². The summed E-state index contributed by atoms with van der Waals surface area (Å²) in [6.07, 6.45) is 10.4. The first-order valence-electron chi connectivity index (χ1n) is 9.96. The number of nitrogens with one attached hydrogen (secondary N) is 1. The van der Waals surface area contributed by atoms with Crippen LogP contribution in [0.4, 0.5) is 0 Å². The summed E-state index contributed by atoms with van der Waals surface area (Å²) in [5.41, 5.74) is 4.50. The van der Waals surface area contributed by atoms with Gasteiger partial charge >= 0.3 is 120 Å². The maximum absolute atomic E-state index is 3.73. The van der Waals surface area contributed by atoms with Gasteiger partial charge in [0.1, 0.15) is 0 Å². The predicted octanol–water partition coefficient (Wildman–Crippen LogP) is 5.42.